The van der Waals surface area contributed by atoms with Crippen molar-refractivity contribution in [1.82, 2.24) is 0 Å². The minimum absolute atomic E-state index is 0.0905. The summed E-state index contributed by atoms with van der Waals surface area (Å²) in [6.07, 6.45) is -1.36. The average Bonchev–Trinajstić information content (AvgIpc) is 3.26. The summed E-state index contributed by atoms with van der Waals surface area (Å²) in [7, 11) is 0. The Labute approximate surface area is 340 Å². The van der Waals surface area contributed by atoms with Gasteiger partial charge >= 0.3 is 12.2 Å². The van der Waals surface area contributed by atoms with E-state index in [1.54, 1.807) is 109 Å². The van der Waals surface area contributed by atoms with Crippen molar-refractivity contribution in [3.63, 3.8) is 0 Å². The molecule has 288 valence electrons. The van der Waals surface area contributed by atoms with E-state index in [9.17, 15) is 19.8 Å². The molecule has 8 aromatic carbocycles. The summed E-state index contributed by atoms with van der Waals surface area (Å²) < 4.78 is 17.8. The number of benzene rings is 8. The zero-order valence-corrected chi connectivity index (χ0v) is 31.4. The van der Waals surface area contributed by atoms with E-state index in [4.69, 9.17) is 14.2 Å². The van der Waals surface area contributed by atoms with Crippen LogP contribution in [0, 0.1) is 0 Å². The molecule has 0 saturated carbocycles. The van der Waals surface area contributed by atoms with Crippen LogP contribution in [0.4, 0.5) is 21.0 Å². The van der Waals surface area contributed by atoms with Crippen molar-refractivity contribution in [3.8, 4) is 79.0 Å². The molecule has 59 heavy (non-hydrogen) atoms. The number of carbonyl (C=O) groups excluding carboxylic acids is 2. The fourth-order valence-corrected chi connectivity index (χ4v) is 6.44. The third-order valence-electron chi connectivity index (χ3n) is 9.37. The van der Waals surface area contributed by atoms with E-state index in [2.05, 4.69) is 10.6 Å². The Morgan fingerprint density at radius 3 is 1.08 bits per heavy atom. The lowest BCUT2D eigenvalue weighted by Crippen LogP contribution is -2.16. The number of phenolic OH excluding ortho intramolecular Hbond substituents is 2. The smallest absolute Gasteiger partial charge is 0.417 e. The molecule has 0 fully saturated rings. The van der Waals surface area contributed by atoms with Crippen LogP contribution in [-0.4, -0.2) is 22.4 Å². The van der Waals surface area contributed by atoms with E-state index in [1.807, 2.05) is 84.9 Å². The zero-order valence-electron chi connectivity index (χ0n) is 31.4. The summed E-state index contributed by atoms with van der Waals surface area (Å²) in [6.45, 7) is 0. The third kappa shape index (κ3) is 9.40. The number of phenols is 2. The van der Waals surface area contributed by atoms with Crippen molar-refractivity contribution in [2.45, 2.75) is 0 Å². The highest BCUT2D eigenvalue weighted by Gasteiger charge is 2.17. The minimum Gasteiger partial charge on any atom is -0.508 e. The van der Waals surface area contributed by atoms with Crippen LogP contribution in [0.1, 0.15) is 0 Å². The molecule has 0 aliphatic rings. The number of hydrogen-bond donors (Lipinski definition) is 4. The first-order chi connectivity index (χ1) is 28.8. The highest BCUT2D eigenvalue weighted by molar-refractivity contribution is 5.90. The second kappa shape index (κ2) is 17.2. The Balaban J connectivity index is 1.03. The number of amides is 2. The van der Waals surface area contributed by atoms with Crippen molar-refractivity contribution in [2.75, 3.05) is 10.6 Å². The molecule has 0 heterocycles. The van der Waals surface area contributed by atoms with Gasteiger partial charge in [0.05, 0.1) is 0 Å². The lowest BCUT2D eigenvalue weighted by atomic mass is 10.0. The SMILES string of the molecule is O=C(Nc1ccc(Oc2ccc(NC(=O)Oc3ccc(-c4ccccc4)cc3)cc2-c2ccc(O)cc2)c(-c2ccc(O)cc2)c1)Oc1ccc(-c2ccccc2)cc1. The van der Waals surface area contributed by atoms with Gasteiger partial charge in [0, 0.05) is 22.5 Å². The lowest BCUT2D eigenvalue weighted by Gasteiger charge is -2.17. The van der Waals surface area contributed by atoms with Crippen LogP contribution in [0.2, 0.25) is 0 Å². The van der Waals surface area contributed by atoms with Gasteiger partial charge in [0.1, 0.15) is 34.5 Å². The Kier molecular flexibility index (Phi) is 11.0. The van der Waals surface area contributed by atoms with E-state index >= 15 is 0 Å². The summed E-state index contributed by atoms with van der Waals surface area (Å²) in [4.78, 5) is 26.1. The lowest BCUT2D eigenvalue weighted by molar-refractivity contribution is 0.214. The summed E-state index contributed by atoms with van der Waals surface area (Å²) in [5.74, 6) is 1.81. The van der Waals surface area contributed by atoms with Crippen molar-refractivity contribution in [3.05, 3.63) is 194 Å². The highest BCUT2D eigenvalue weighted by Crippen LogP contribution is 2.41. The van der Waals surface area contributed by atoms with Gasteiger partial charge in [-0.1, -0.05) is 109 Å². The number of ether oxygens (including phenoxy) is 3. The van der Waals surface area contributed by atoms with Crippen molar-refractivity contribution >= 4 is 23.6 Å². The Hall–Kier alpha value is -8.30. The van der Waals surface area contributed by atoms with Gasteiger partial charge in [-0.3, -0.25) is 10.6 Å². The fourth-order valence-electron chi connectivity index (χ4n) is 6.44. The highest BCUT2D eigenvalue weighted by atomic mass is 16.6. The van der Waals surface area contributed by atoms with E-state index in [-0.39, 0.29) is 11.5 Å². The number of anilines is 2. The molecule has 8 aromatic rings. The molecule has 0 radical (unpaired) electrons. The van der Waals surface area contributed by atoms with Gasteiger partial charge in [0.25, 0.3) is 0 Å². The Morgan fingerprint density at radius 1 is 0.373 bits per heavy atom. The molecular formula is C50H36N2O7. The third-order valence-corrected chi connectivity index (χ3v) is 9.37. The van der Waals surface area contributed by atoms with Crippen LogP contribution in [0.25, 0.3) is 44.5 Å². The molecule has 2 amide bonds. The van der Waals surface area contributed by atoms with Crippen LogP contribution in [-0.2, 0) is 0 Å². The standard InChI is InChI=1S/C50H36N2O7/c53-41-21-11-37(12-22-41)45-31-39(51-49(55)57-43-25-15-35(16-26-43)33-7-3-1-4-8-33)19-29-47(45)59-48-30-20-40(32-46(48)38-13-23-42(54)24-14-38)52-50(56)58-44-27-17-36(18-28-44)34-9-5-2-6-10-34/h1-32,53-54H,(H,51,55)(H,52,56). The van der Waals surface area contributed by atoms with Crippen molar-refractivity contribution in [1.29, 1.82) is 0 Å². The first-order valence-corrected chi connectivity index (χ1v) is 18.7. The molecule has 0 aliphatic heterocycles. The number of aromatic hydroxyl groups is 2. The number of carbonyl (C=O) groups is 2. The van der Waals surface area contributed by atoms with Gasteiger partial charge in [0.15, 0.2) is 0 Å². The molecule has 0 aliphatic carbocycles. The van der Waals surface area contributed by atoms with Crippen molar-refractivity contribution in [2.24, 2.45) is 0 Å². The first kappa shape index (κ1) is 37.6. The largest absolute Gasteiger partial charge is 0.508 e. The molecule has 0 bridgehead atoms. The molecule has 9 nitrogen and oxygen atoms in total. The van der Waals surface area contributed by atoms with Gasteiger partial charge in [0.2, 0.25) is 0 Å². The monoisotopic (exact) mass is 776 g/mol. The predicted octanol–water partition coefficient (Wildman–Crippen LogP) is 12.8. The number of rotatable bonds is 10. The molecule has 0 aromatic heterocycles. The van der Waals surface area contributed by atoms with Crippen LogP contribution < -0.4 is 24.8 Å². The Morgan fingerprint density at radius 2 is 0.712 bits per heavy atom. The molecule has 4 N–H and O–H groups in total. The van der Waals surface area contributed by atoms with E-state index < -0.39 is 12.2 Å². The van der Waals surface area contributed by atoms with Crippen LogP contribution >= 0.6 is 0 Å². The molecule has 0 unspecified atom stereocenters. The second-order valence-corrected chi connectivity index (χ2v) is 13.4. The minimum atomic E-state index is -0.678. The zero-order chi connectivity index (χ0) is 40.6. The summed E-state index contributed by atoms with van der Waals surface area (Å²) in [5, 5.41) is 25.7. The fraction of sp³-hybridized carbons (Fsp3) is 0. The number of nitrogens with one attached hydrogen (secondary N) is 2. The summed E-state index contributed by atoms with van der Waals surface area (Å²) in [5.41, 5.74) is 7.60. The van der Waals surface area contributed by atoms with Crippen LogP contribution in [0.3, 0.4) is 0 Å². The quantitative estimate of drug-likeness (QED) is 0.109. The molecular weight excluding hydrogens is 741 g/mol. The van der Waals surface area contributed by atoms with E-state index in [0.29, 0.717) is 56.6 Å². The van der Waals surface area contributed by atoms with Crippen LogP contribution in [0.15, 0.2) is 194 Å². The maximum Gasteiger partial charge on any atom is 0.417 e. The van der Waals surface area contributed by atoms with Gasteiger partial charge in [-0.05, 0) is 118 Å². The maximum absolute atomic E-state index is 13.1. The number of hydrogen-bond acceptors (Lipinski definition) is 7. The van der Waals surface area contributed by atoms with E-state index in [1.165, 1.54) is 0 Å². The van der Waals surface area contributed by atoms with Gasteiger partial charge in [-0.25, -0.2) is 9.59 Å². The molecule has 0 saturated heterocycles. The van der Waals surface area contributed by atoms with Gasteiger partial charge in [-0.2, -0.15) is 0 Å². The molecule has 0 atom stereocenters. The average molecular weight is 777 g/mol. The maximum atomic E-state index is 13.1. The molecule has 8 rings (SSSR count). The van der Waals surface area contributed by atoms with E-state index in [0.717, 1.165) is 22.3 Å². The Bertz CT molecular complexity index is 2510. The normalized spacial score (nSPS) is 10.6. The summed E-state index contributed by atoms with van der Waals surface area (Å²) in [6, 6.07) is 57.8. The topological polar surface area (TPSA) is 126 Å². The van der Waals surface area contributed by atoms with Gasteiger partial charge < -0.3 is 24.4 Å². The van der Waals surface area contributed by atoms with Gasteiger partial charge in [-0.15, -0.1) is 0 Å². The molecule has 9 heteroatoms. The summed E-state index contributed by atoms with van der Waals surface area (Å²) >= 11 is 0. The van der Waals surface area contributed by atoms with Crippen molar-refractivity contribution < 1.29 is 34.0 Å². The van der Waals surface area contributed by atoms with Crippen LogP contribution in [0.5, 0.6) is 34.5 Å². The first-order valence-electron chi connectivity index (χ1n) is 18.7. The molecule has 0 spiro atoms. The second-order valence-electron chi connectivity index (χ2n) is 13.4. The predicted molar refractivity (Wildman–Crippen MR) is 230 cm³/mol.